The zero-order valence-corrected chi connectivity index (χ0v) is 8.73. The molecule has 0 radical (unpaired) electrons. The second-order valence-electron chi connectivity index (χ2n) is 3.71. The fraction of sp³-hybridized carbons (Fsp3) is 0.556. The molecular formula is C9H12N2O2S. The van der Waals surface area contributed by atoms with Gasteiger partial charge in [0.1, 0.15) is 0 Å². The van der Waals surface area contributed by atoms with Crippen LogP contribution in [0.25, 0.3) is 0 Å². The van der Waals surface area contributed by atoms with Crippen molar-refractivity contribution in [2.75, 3.05) is 13.1 Å². The number of carboxylic acid groups (broad SMARTS) is 1. The van der Waals surface area contributed by atoms with Crippen LogP contribution >= 0.6 is 11.3 Å². The maximum Gasteiger partial charge on any atom is 0.312 e. The molecule has 1 aliphatic rings. The first-order chi connectivity index (χ1) is 6.62. The quantitative estimate of drug-likeness (QED) is 0.773. The molecule has 0 spiro atoms. The summed E-state index contributed by atoms with van der Waals surface area (Å²) in [4.78, 5) is 16.2. The van der Waals surface area contributed by atoms with Crippen LogP contribution in [0.3, 0.4) is 0 Å². The first kappa shape index (κ1) is 9.61. The van der Waals surface area contributed by atoms with Crippen LogP contribution in [0.4, 0.5) is 0 Å². The van der Waals surface area contributed by atoms with E-state index in [-0.39, 0.29) is 0 Å². The molecule has 0 aliphatic carbocycles. The minimum Gasteiger partial charge on any atom is -0.481 e. The standard InChI is InChI=1S/C9H12N2O2S/c1-6-11-3-7(14-6)2-9(8(12)13)4-10-5-9/h3,10H,2,4-5H2,1H3,(H,12,13). The lowest BCUT2D eigenvalue weighted by molar-refractivity contribution is -0.152. The van der Waals surface area contributed by atoms with Crippen LogP contribution in [0.1, 0.15) is 9.88 Å². The van der Waals surface area contributed by atoms with E-state index in [2.05, 4.69) is 10.3 Å². The molecule has 0 atom stereocenters. The fourth-order valence-electron chi connectivity index (χ4n) is 1.60. The third-order valence-corrected chi connectivity index (χ3v) is 3.47. The van der Waals surface area contributed by atoms with Crippen molar-refractivity contribution in [1.29, 1.82) is 0 Å². The Labute approximate surface area is 86.0 Å². The number of rotatable bonds is 3. The molecule has 76 valence electrons. The predicted molar refractivity (Wildman–Crippen MR) is 53.5 cm³/mol. The second kappa shape index (κ2) is 3.33. The van der Waals surface area contributed by atoms with Gasteiger partial charge in [0.05, 0.1) is 10.4 Å². The first-order valence-electron chi connectivity index (χ1n) is 4.48. The predicted octanol–water partition coefficient (Wildman–Crippen LogP) is 0.668. The Bertz CT molecular complexity index is 357. The molecule has 1 aromatic rings. The summed E-state index contributed by atoms with van der Waals surface area (Å²) in [5, 5.41) is 13.1. The van der Waals surface area contributed by atoms with Crippen LogP contribution in [0.15, 0.2) is 6.20 Å². The average Bonchev–Trinajstić information content (AvgIpc) is 2.43. The van der Waals surface area contributed by atoms with Crippen molar-refractivity contribution in [3.8, 4) is 0 Å². The van der Waals surface area contributed by atoms with Gasteiger partial charge in [0.2, 0.25) is 0 Å². The largest absolute Gasteiger partial charge is 0.481 e. The van der Waals surface area contributed by atoms with Crippen molar-refractivity contribution in [2.24, 2.45) is 5.41 Å². The van der Waals surface area contributed by atoms with E-state index in [0.29, 0.717) is 19.5 Å². The van der Waals surface area contributed by atoms with E-state index in [1.807, 2.05) is 6.92 Å². The minimum absolute atomic E-state index is 0.569. The highest BCUT2D eigenvalue weighted by Gasteiger charge is 2.44. The Morgan fingerprint density at radius 1 is 1.79 bits per heavy atom. The minimum atomic E-state index is -0.706. The third kappa shape index (κ3) is 1.53. The lowest BCUT2D eigenvalue weighted by atomic mass is 9.78. The van der Waals surface area contributed by atoms with Crippen molar-refractivity contribution in [2.45, 2.75) is 13.3 Å². The number of hydrogen-bond donors (Lipinski definition) is 2. The molecular weight excluding hydrogens is 200 g/mol. The zero-order valence-electron chi connectivity index (χ0n) is 7.91. The van der Waals surface area contributed by atoms with E-state index in [9.17, 15) is 4.79 Å². The molecule has 2 rings (SSSR count). The SMILES string of the molecule is Cc1ncc(CC2(C(=O)O)CNC2)s1. The Morgan fingerprint density at radius 2 is 2.50 bits per heavy atom. The third-order valence-electron chi connectivity index (χ3n) is 2.56. The van der Waals surface area contributed by atoms with E-state index >= 15 is 0 Å². The molecule has 2 N–H and O–H groups in total. The van der Waals surface area contributed by atoms with Gasteiger partial charge in [0, 0.05) is 30.6 Å². The monoisotopic (exact) mass is 212 g/mol. The van der Waals surface area contributed by atoms with Crippen molar-refractivity contribution >= 4 is 17.3 Å². The molecule has 0 saturated carbocycles. The highest BCUT2D eigenvalue weighted by molar-refractivity contribution is 7.11. The molecule has 0 aromatic carbocycles. The van der Waals surface area contributed by atoms with E-state index in [4.69, 9.17) is 5.11 Å². The molecule has 1 aromatic heterocycles. The Hall–Kier alpha value is -0.940. The topological polar surface area (TPSA) is 62.2 Å². The summed E-state index contributed by atoms with van der Waals surface area (Å²) < 4.78 is 0. The van der Waals surface area contributed by atoms with E-state index in [1.165, 1.54) is 0 Å². The van der Waals surface area contributed by atoms with Crippen LogP contribution in [0.2, 0.25) is 0 Å². The van der Waals surface area contributed by atoms with Crippen LogP contribution < -0.4 is 5.32 Å². The van der Waals surface area contributed by atoms with Gasteiger partial charge in [-0.15, -0.1) is 11.3 Å². The molecule has 2 heterocycles. The maximum absolute atomic E-state index is 11.1. The fourth-order valence-corrected chi connectivity index (χ4v) is 2.54. The van der Waals surface area contributed by atoms with Crippen molar-refractivity contribution in [3.05, 3.63) is 16.1 Å². The van der Waals surface area contributed by atoms with Crippen molar-refractivity contribution in [3.63, 3.8) is 0 Å². The van der Waals surface area contributed by atoms with Crippen molar-refractivity contribution < 1.29 is 9.90 Å². The van der Waals surface area contributed by atoms with Crippen LogP contribution in [0, 0.1) is 12.3 Å². The maximum atomic E-state index is 11.1. The Kier molecular flexibility index (Phi) is 2.28. The normalized spacial score (nSPS) is 18.9. The zero-order chi connectivity index (χ0) is 10.2. The van der Waals surface area contributed by atoms with E-state index in [0.717, 1.165) is 9.88 Å². The number of hydrogen-bond acceptors (Lipinski definition) is 4. The lowest BCUT2D eigenvalue weighted by Crippen LogP contribution is -2.59. The van der Waals surface area contributed by atoms with E-state index < -0.39 is 11.4 Å². The number of aryl methyl sites for hydroxylation is 1. The molecule has 1 saturated heterocycles. The van der Waals surface area contributed by atoms with Gasteiger partial charge in [0.15, 0.2) is 0 Å². The molecule has 1 fully saturated rings. The summed E-state index contributed by atoms with van der Waals surface area (Å²) in [7, 11) is 0. The summed E-state index contributed by atoms with van der Waals surface area (Å²) in [5.41, 5.74) is -0.584. The number of carbonyl (C=O) groups is 1. The Balaban J connectivity index is 2.12. The summed E-state index contributed by atoms with van der Waals surface area (Å²) in [5.74, 6) is -0.706. The second-order valence-corrected chi connectivity index (χ2v) is 5.03. The molecule has 0 unspecified atom stereocenters. The molecule has 5 heteroatoms. The van der Waals surface area contributed by atoms with Crippen LogP contribution in [0.5, 0.6) is 0 Å². The van der Waals surface area contributed by atoms with Gasteiger partial charge < -0.3 is 10.4 Å². The number of aromatic nitrogens is 1. The van der Waals surface area contributed by atoms with E-state index in [1.54, 1.807) is 17.5 Å². The number of nitrogens with zero attached hydrogens (tertiary/aromatic N) is 1. The average molecular weight is 212 g/mol. The van der Waals surface area contributed by atoms with Gasteiger partial charge in [-0.05, 0) is 6.92 Å². The van der Waals surface area contributed by atoms with Gasteiger partial charge in [-0.25, -0.2) is 4.98 Å². The summed E-state index contributed by atoms with van der Waals surface area (Å²) in [6, 6.07) is 0. The summed E-state index contributed by atoms with van der Waals surface area (Å²) in [6.45, 7) is 3.07. The summed E-state index contributed by atoms with van der Waals surface area (Å²) >= 11 is 1.58. The summed E-state index contributed by atoms with van der Waals surface area (Å²) in [6.07, 6.45) is 2.38. The van der Waals surface area contributed by atoms with Gasteiger partial charge in [0.25, 0.3) is 0 Å². The van der Waals surface area contributed by atoms with Gasteiger partial charge in [-0.2, -0.15) is 0 Å². The van der Waals surface area contributed by atoms with Gasteiger partial charge in [-0.3, -0.25) is 4.79 Å². The highest BCUT2D eigenvalue weighted by Crippen LogP contribution is 2.30. The molecule has 0 bridgehead atoms. The smallest absolute Gasteiger partial charge is 0.312 e. The lowest BCUT2D eigenvalue weighted by Gasteiger charge is -2.38. The highest BCUT2D eigenvalue weighted by atomic mass is 32.1. The van der Waals surface area contributed by atoms with Gasteiger partial charge in [-0.1, -0.05) is 0 Å². The number of nitrogens with one attached hydrogen (secondary N) is 1. The Morgan fingerprint density at radius 3 is 2.86 bits per heavy atom. The number of carboxylic acids is 1. The molecule has 0 amide bonds. The number of aliphatic carboxylic acids is 1. The van der Waals surface area contributed by atoms with Crippen molar-refractivity contribution in [1.82, 2.24) is 10.3 Å². The van der Waals surface area contributed by atoms with Gasteiger partial charge >= 0.3 is 5.97 Å². The molecule has 4 nitrogen and oxygen atoms in total. The van der Waals surface area contributed by atoms with Crippen LogP contribution in [-0.4, -0.2) is 29.1 Å². The molecule has 14 heavy (non-hydrogen) atoms. The molecule has 1 aliphatic heterocycles. The first-order valence-corrected chi connectivity index (χ1v) is 5.29. The van der Waals surface area contributed by atoms with Crippen LogP contribution in [-0.2, 0) is 11.2 Å². The number of thiazole rings is 1.